The molecule has 1 fully saturated rings. The maximum Gasteiger partial charge on any atom is 0.300 e. The lowest BCUT2D eigenvalue weighted by Crippen LogP contribution is -2.30. The van der Waals surface area contributed by atoms with Crippen LogP contribution in [0.15, 0.2) is 78.5 Å². The molecule has 4 aromatic rings. The molecule has 1 atom stereocenters. The third-order valence-electron chi connectivity index (χ3n) is 6.88. The van der Waals surface area contributed by atoms with E-state index in [1.165, 1.54) is 4.90 Å². The van der Waals surface area contributed by atoms with E-state index < -0.39 is 17.7 Å². The van der Waals surface area contributed by atoms with Crippen LogP contribution >= 0.6 is 11.6 Å². The molecule has 36 heavy (non-hydrogen) atoms. The molecule has 1 unspecified atom stereocenters. The molecule has 1 saturated heterocycles. The van der Waals surface area contributed by atoms with E-state index in [-0.39, 0.29) is 16.7 Å². The van der Waals surface area contributed by atoms with E-state index >= 15 is 0 Å². The number of Topliss-reactive ketones (excluding diaryl/α,β-unsaturated/α-hetero) is 1. The Morgan fingerprint density at radius 2 is 1.67 bits per heavy atom. The zero-order chi connectivity index (χ0) is 25.8. The highest BCUT2D eigenvalue weighted by Crippen LogP contribution is 2.45. The molecule has 1 aliphatic rings. The molecule has 0 saturated carbocycles. The fourth-order valence-corrected chi connectivity index (χ4v) is 5.00. The number of hydrogen-bond donors (Lipinski definition) is 2. The molecule has 5 nitrogen and oxygen atoms in total. The van der Waals surface area contributed by atoms with Crippen LogP contribution in [0.5, 0.6) is 0 Å². The SMILES string of the molecule is Cc1c(Cl)cccc1N1C(=O)C(=O)/C(=C(\O)c2c[nH]c3ccccc23)C1c1ccc(C(C)(C)C)cc1. The van der Waals surface area contributed by atoms with Crippen LogP contribution in [0.4, 0.5) is 5.69 Å². The first-order valence-electron chi connectivity index (χ1n) is 11.8. The van der Waals surface area contributed by atoms with Crippen molar-refractivity contribution >= 4 is 45.6 Å². The molecule has 0 bridgehead atoms. The number of aliphatic hydroxyl groups excluding tert-OH is 1. The smallest absolute Gasteiger partial charge is 0.300 e. The number of anilines is 1. The number of nitrogens with zero attached hydrogens (tertiary/aromatic N) is 1. The molecule has 1 amide bonds. The fourth-order valence-electron chi connectivity index (χ4n) is 4.83. The van der Waals surface area contributed by atoms with Gasteiger partial charge in [-0.3, -0.25) is 14.5 Å². The molecule has 0 radical (unpaired) electrons. The standard InChI is InChI=1S/C30H27ClN2O3/c1-17-22(31)9-7-11-24(17)33-26(18-12-14-19(15-13-18)30(2,3)4)25(28(35)29(33)36)27(34)21-16-32-23-10-6-5-8-20(21)23/h5-16,26,32,34H,1-4H3/b27-25-. The zero-order valence-electron chi connectivity index (χ0n) is 20.6. The topological polar surface area (TPSA) is 73.4 Å². The summed E-state index contributed by atoms with van der Waals surface area (Å²) in [6, 6.07) is 19.8. The van der Waals surface area contributed by atoms with Crippen LogP contribution in [0, 0.1) is 6.92 Å². The molecule has 0 aliphatic carbocycles. The van der Waals surface area contributed by atoms with Crippen molar-refractivity contribution < 1.29 is 14.7 Å². The third-order valence-corrected chi connectivity index (χ3v) is 7.29. The van der Waals surface area contributed by atoms with Crippen LogP contribution in [0.2, 0.25) is 5.02 Å². The molecule has 5 rings (SSSR count). The van der Waals surface area contributed by atoms with Crippen molar-refractivity contribution in [2.45, 2.75) is 39.2 Å². The quantitative estimate of drug-likeness (QED) is 0.180. The van der Waals surface area contributed by atoms with Gasteiger partial charge >= 0.3 is 0 Å². The molecular weight excluding hydrogens is 472 g/mol. The van der Waals surface area contributed by atoms with Gasteiger partial charge in [0, 0.05) is 33.4 Å². The maximum absolute atomic E-state index is 13.5. The highest BCUT2D eigenvalue weighted by Gasteiger charge is 2.47. The van der Waals surface area contributed by atoms with Crippen molar-refractivity contribution in [1.82, 2.24) is 4.98 Å². The van der Waals surface area contributed by atoms with Crippen molar-refractivity contribution in [3.8, 4) is 0 Å². The first-order chi connectivity index (χ1) is 17.1. The van der Waals surface area contributed by atoms with E-state index in [0.29, 0.717) is 21.8 Å². The van der Waals surface area contributed by atoms with E-state index in [1.807, 2.05) is 55.5 Å². The van der Waals surface area contributed by atoms with Crippen molar-refractivity contribution in [3.05, 3.63) is 106 Å². The summed E-state index contributed by atoms with van der Waals surface area (Å²) < 4.78 is 0. The molecule has 0 spiro atoms. The summed E-state index contributed by atoms with van der Waals surface area (Å²) in [6.45, 7) is 8.19. The van der Waals surface area contributed by atoms with Crippen LogP contribution in [0.1, 0.15) is 49.1 Å². The minimum absolute atomic E-state index is 0.0487. The van der Waals surface area contributed by atoms with E-state index in [9.17, 15) is 14.7 Å². The molecule has 1 aliphatic heterocycles. The van der Waals surface area contributed by atoms with Crippen LogP contribution in [-0.4, -0.2) is 21.8 Å². The Kier molecular flexibility index (Phi) is 5.76. The Labute approximate surface area is 215 Å². The predicted molar refractivity (Wildman–Crippen MR) is 144 cm³/mol. The third kappa shape index (κ3) is 3.80. The van der Waals surface area contributed by atoms with Crippen LogP contribution in [-0.2, 0) is 15.0 Å². The number of H-pyrrole nitrogens is 1. The van der Waals surface area contributed by atoms with E-state index in [1.54, 1.807) is 24.4 Å². The maximum atomic E-state index is 13.5. The Morgan fingerprint density at radius 1 is 0.972 bits per heavy atom. The number of fused-ring (bicyclic) bond motifs is 1. The second kappa shape index (κ2) is 8.68. The van der Waals surface area contributed by atoms with Gasteiger partial charge in [0.25, 0.3) is 11.7 Å². The van der Waals surface area contributed by atoms with Gasteiger partial charge in [-0.1, -0.05) is 80.9 Å². The average Bonchev–Trinajstić information content (AvgIpc) is 3.39. The molecule has 2 heterocycles. The Hall–Kier alpha value is -3.83. The van der Waals surface area contributed by atoms with Gasteiger partial charge in [-0.25, -0.2) is 0 Å². The van der Waals surface area contributed by atoms with Gasteiger partial charge in [-0.2, -0.15) is 0 Å². The molecule has 6 heteroatoms. The minimum Gasteiger partial charge on any atom is -0.507 e. The van der Waals surface area contributed by atoms with Gasteiger partial charge in [-0.15, -0.1) is 0 Å². The second-order valence-corrected chi connectivity index (χ2v) is 10.6. The highest BCUT2D eigenvalue weighted by molar-refractivity contribution is 6.52. The average molecular weight is 499 g/mol. The molecule has 2 N–H and O–H groups in total. The van der Waals surface area contributed by atoms with Crippen molar-refractivity contribution in [1.29, 1.82) is 0 Å². The van der Waals surface area contributed by atoms with Gasteiger partial charge < -0.3 is 10.1 Å². The number of aliphatic hydroxyl groups is 1. The number of carbonyl (C=O) groups excluding carboxylic acids is 2. The Morgan fingerprint density at radius 3 is 2.36 bits per heavy atom. The summed E-state index contributed by atoms with van der Waals surface area (Å²) in [5.74, 6) is -1.65. The monoisotopic (exact) mass is 498 g/mol. The molecule has 182 valence electrons. The number of amides is 1. The number of aromatic amines is 1. The van der Waals surface area contributed by atoms with Gasteiger partial charge in [0.2, 0.25) is 0 Å². The number of hydrogen-bond acceptors (Lipinski definition) is 3. The second-order valence-electron chi connectivity index (χ2n) is 10.2. The summed E-state index contributed by atoms with van der Waals surface area (Å²) >= 11 is 6.40. The van der Waals surface area contributed by atoms with Crippen molar-refractivity contribution in [2.75, 3.05) is 4.90 Å². The molecule has 1 aromatic heterocycles. The largest absolute Gasteiger partial charge is 0.507 e. The number of nitrogens with one attached hydrogen (secondary N) is 1. The Balaban J connectivity index is 1.76. The lowest BCUT2D eigenvalue weighted by Gasteiger charge is -2.28. The zero-order valence-corrected chi connectivity index (χ0v) is 21.4. The first-order valence-corrected chi connectivity index (χ1v) is 12.2. The number of rotatable bonds is 3. The summed E-state index contributed by atoms with van der Waals surface area (Å²) in [5.41, 5.74) is 4.35. The molecular formula is C30H27ClN2O3. The van der Waals surface area contributed by atoms with Crippen molar-refractivity contribution in [2.24, 2.45) is 0 Å². The predicted octanol–water partition coefficient (Wildman–Crippen LogP) is 7.05. The fraction of sp³-hybridized carbons (Fsp3) is 0.200. The number of para-hydroxylation sites is 1. The van der Waals surface area contributed by atoms with Gasteiger partial charge in [0.15, 0.2) is 0 Å². The van der Waals surface area contributed by atoms with Crippen LogP contribution in [0.3, 0.4) is 0 Å². The number of carbonyl (C=O) groups is 2. The van der Waals surface area contributed by atoms with E-state index in [4.69, 9.17) is 11.6 Å². The number of halogens is 1. The first kappa shape index (κ1) is 23.9. The van der Waals surface area contributed by atoms with Crippen LogP contribution < -0.4 is 4.90 Å². The summed E-state index contributed by atoms with van der Waals surface area (Å²) in [5, 5.41) is 12.8. The highest BCUT2D eigenvalue weighted by atomic mass is 35.5. The van der Waals surface area contributed by atoms with Crippen molar-refractivity contribution in [3.63, 3.8) is 0 Å². The van der Waals surface area contributed by atoms with Gasteiger partial charge in [-0.05, 0) is 47.2 Å². The van der Waals surface area contributed by atoms with Crippen LogP contribution in [0.25, 0.3) is 16.7 Å². The summed E-state index contributed by atoms with van der Waals surface area (Å²) in [6.07, 6.45) is 1.66. The van der Waals surface area contributed by atoms with Gasteiger partial charge in [0.05, 0.1) is 11.6 Å². The number of benzene rings is 3. The van der Waals surface area contributed by atoms with Gasteiger partial charge in [0.1, 0.15) is 5.76 Å². The number of ketones is 1. The lowest BCUT2D eigenvalue weighted by atomic mass is 9.85. The minimum atomic E-state index is -0.815. The summed E-state index contributed by atoms with van der Waals surface area (Å²) in [7, 11) is 0. The lowest BCUT2D eigenvalue weighted by molar-refractivity contribution is -0.132. The van der Waals surface area contributed by atoms with E-state index in [0.717, 1.165) is 22.0 Å². The summed E-state index contributed by atoms with van der Waals surface area (Å²) in [4.78, 5) is 31.6. The normalized spacial score (nSPS) is 17.8. The molecule has 3 aromatic carbocycles. The Bertz CT molecular complexity index is 1540. The van der Waals surface area contributed by atoms with E-state index in [2.05, 4.69) is 25.8 Å². The number of aromatic nitrogens is 1.